The SMILES string of the molecule is Cc1cc(C)n2nc(C(=O)NCC(c3ccc(C(F)(F)F)cc3)N3CCOCC3)nc2n1. The second kappa shape index (κ2) is 8.83. The molecule has 1 aromatic carbocycles. The largest absolute Gasteiger partial charge is 0.416 e. The third kappa shape index (κ3) is 4.73. The Labute approximate surface area is 182 Å². The molecule has 11 heteroatoms. The van der Waals surface area contributed by atoms with E-state index in [0.717, 1.165) is 23.5 Å². The van der Waals surface area contributed by atoms with Crippen molar-refractivity contribution in [3.63, 3.8) is 0 Å². The molecule has 1 saturated heterocycles. The van der Waals surface area contributed by atoms with E-state index >= 15 is 0 Å². The van der Waals surface area contributed by atoms with Gasteiger partial charge in [0, 0.05) is 31.0 Å². The highest BCUT2D eigenvalue weighted by molar-refractivity contribution is 5.90. The highest BCUT2D eigenvalue weighted by atomic mass is 19.4. The number of aromatic nitrogens is 4. The van der Waals surface area contributed by atoms with Gasteiger partial charge in [0.25, 0.3) is 11.7 Å². The predicted octanol–water partition coefficient (Wildman–Crippen LogP) is 2.56. The second-order valence-corrected chi connectivity index (χ2v) is 7.68. The molecule has 1 atom stereocenters. The van der Waals surface area contributed by atoms with E-state index in [1.54, 1.807) is 0 Å². The maximum Gasteiger partial charge on any atom is 0.416 e. The molecule has 32 heavy (non-hydrogen) atoms. The van der Waals surface area contributed by atoms with Crippen LogP contribution in [0.2, 0.25) is 0 Å². The van der Waals surface area contributed by atoms with E-state index in [1.165, 1.54) is 16.6 Å². The van der Waals surface area contributed by atoms with Crippen molar-refractivity contribution in [2.24, 2.45) is 0 Å². The summed E-state index contributed by atoms with van der Waals surface area (Å²) in [6, 6.07) is 6.55. The Balaban J connectivity index is 1.53. The number of aryl methyl sites for hydroxylation is 2. The molecule has 3 heterocycles. The quantitative estimate of drug-likeness (QED) is 0.646. The van der Waals surface area contributed by atoms with E-state index in [0.29, 0.717) is 37.6 Å². The number of ether oxygens (including phenoxy) is 1. The molecule has 1 aliphatic heterocycles. The summed E-state index contributed by atoms with van der Waals surface area (Å²) in [5.41, 5.74) is 1.54. The summed E-state index contributed by atoms with van der Waals surface area (Å²) < 4.78 is 45.7. The highest BCUT2D eigenvalue weighted by Gasteiger charge is 2.31. The summed E-state index contributed by atoms with van der Waals surface area (Å²) in [6.07, 6.45) is -4.40. The number of nitrogens with one attached hydrogen (secondary N) is 1. The number of benzene rings is 1. The summed E-state index contributed by atoms with van der Waals surface area (Å²) in [5, 5.41) is 7.05. The molecule has 0 aliphatic carbocycles. The first-order valence-corrected chi connectivity index (χ1v) is 10.2. The van der Waals surface area contributed by atoms with Crippen LogP contribution in [0.15, 0.2) is 30.3 Å². The molecule has 1 N–H and O–H groups in total. The molecule has 0 radical (unpaired) electrons. The minimum atomic E-state index is -4.40. The van der Waals surface area contributed by atoms with Gasteiger partial charge < -0.3 is 10.1 Å². The smallest absolute Gasteiger partial charge is 0.379 e. The fourth-order valence-electron chi connectivity index (χ4n) is 3.77. The molecule has 4 rings (SSSR count). The van der Waals surface area contributed by atoms with Gasteiger partial charge >= 0.3 is 6.18 Å². The Morgan fingerprint density at radius 1 is 1.16 bits per heavy atom. The van der Waals surface area contributed by atoms with Crippen LogP contribution in [-0.2, 0) is 10.9 Å². The van der Waals surface area contributed by atoms with Crippen molar-refractivity contribution in [2.45, 2.75) is 26.1 Å². The fourth-order valence-corrected chi connectivity index (χ4v) is 3.77. The molecule has 1 aliphatic rings. The van der Waals surface area contributed by atoms with Gasteiger partial charge in [-0.15, -0.1) is 5.10 Å². The first-order valence-electron chi connectivity index (χ1n) is 10.2. The lowest BCUT2D eigenvalue weighted by atomic mass is 10.0. The minimum Gasteiger partial charge on any atom is -0.379 e. The van der Waals surface area contributed by atoms with Crippen molar-refractivity contribution < 1.29 is 22.7 Å². The van der Waals surface area contributed by atoms with Crippen LogP contribution in [0, 0.1) is 13.8 Å². The van der Waals surface area contributed by atoms with Crippen molar-refractivity contribution in [2.75, 3.05) is 32.8 Å². The number of fused-ring (bicyclic) bond motifs is 1. The zero-order valence-corrected chi connectivity index (χ0v) is 17.7. The minimum absolute atomic E-state index is 0.0145. The molecule has 0 bridgehead atoms. The van der Waals surface area contributed by atoms with Crippen LogP contribution in [0.4, 0.5) is 13.2 Å². The van der Waals surface area contributed by atoms with Gasteiger partial charge in [0.2, 0.25) is 5.82 Å². The monoisotopic (exact) mass is 448 g/mol. The number of hydrogen-bond donors (Lipinski definition) is 1. The summed E-state index contributed by atoms with van der Waals surface area (Å²) in [6.45, 7) is 6.11. The predicted molar refractivity (Wildman–Crippen MR) is 109 cm³/mol. The second-order valence-electron chi connectivity index (χ2n) is 7.68. The number of morpholine rings is 1. The van der Waals surface area contributed by atoms with Crippen LogP contribution in [0.5, 0.6) is 0 Å². The lowest BCUT2D eigenvalue weighted by Gasteiger charge is -2.35. The van der Waals surface area contributed by atoms with E-state index < -0.39 is 17.6 Å². The molecule has 170 valence electrons. The number of alkyl halides is 3. The lowest BCUT2D eigenvalue weighted by Crippen LogP contribution is -2.44. The average molecular weight is 448 g/mol. The number of nitrogens with zero attached hydrogens (tertiary/aromatic N) is 5. The molecule has 1 fully saturated rings. The standard InChI is InChI=1S/C21H23F3N6O2/c1-13-11-14(2)30-20(26-13)27-18(28-30)19(31)25-12-17(29-7-9-32-10-8-29)15-3-5-16(6-4-15)21(22,23)24/h3-6,11,17H,7-10,12H2,1-2H3,(H,25,31). The summed E-state index contributed by atoms with van der Waals surface area (Å²) >= 11 is 0. The van der Waals surface area contributed by atoms with Gasteiger partial charge in [-0.25, -0.2) is 9.50 Å². The molecule has 8 nitrogen and oxygen atoms in total. The van der Waals surface area contributed by atoms with Gasteiger partial charge in [-0.2, -0.15) is 18.2 Å². The summed E-state index contributed by atoms with van der Waals surface area (Å²) in [4.78, 5) is 23.3. The topological polar surface area (TPSA) is 84.7 Å². The molecule has 1 amide bonds. The summed E-state index contributed by atoms with van der Waals surface area (Å²) in [7, 11) is 0. The van der Waals surface area contributed by atoms with Gasteiger partial charge in [-0.1, -0.05) is 12.1 Å². The van der Waals surface area contributed by atoms with E-state index in [2.05, 4.69) is 25.3 Å². The number of hydrogen-bond acceptors (Lipinski definition) is 6. The normalized spacial score (nSPS) is 16.3. The lowest BCUT2D eigenvalue weighted by molar-refractivity contribution is -0.137. The Morgan fingerprint density at radius 3 is 2.50 bits per heavy atom. The summed E-state index contributed by atoms with van der Waals surface area (Å²) in [5.74, 6) is -0.155. The molecule has 0 spiro atoms. The molecule has 2 aromatic heterocycles. The molecular weight excluding hydrogens is 425 g/mol. The number of rotatable bonds is 5. The van der Waals surface area contributed by atoms with Crippen LogP contribution < -0.4 is 5.32 Å². The van der Waals surface area contributed by atoms with Gasteiger partial charge in [0.15, 0.2) is 0 Å². The van der Waals surface area contributed by atoms with Crippen LogP contribution in [-0.4, -0.2) is 63.2 Å². The van der Waals surface area contributed by atoms with Crippen molar-refractivity contribution in [3.05, 3.63) is 58.7 Å². The first-order chi connectivity index (χ1) is 15.2. The maximum absolute atomic E-state index is 13.0. The van der Waals surface area contributed by atoms with E-state index in [-0.39, 0.29) is 18.4 Å². The van der Waals surface area contributed by atoms with Crippen molar-refractivity contribution in [3.8, 4) is 0 Å². The first kappa shape index (κ1) is 22.2. The molecule has 3 aromatic rings. The third-order valence-electron chi connectivity index (χ3n) is 5.39. The Morgan fingerprint density at radius 2 is 1.84 bits per heavy atom. The van der Waals surface area contributed by atoms with E-state index in [4.69, 9.17) is 4.74 Å². The number of carbonyl (C=O) groups excluding carboxylic acids is 1. The average Bonchev–Trinajstić information content (AvgIpc) is 3.19. The van der Waals surface area contributed by atoms with Crippen LogP contribution >= 0.6 is 0 Å². The van der Waals surface area contributed by atoms with Crippen LogP contribution in [0.1, 0.15) is 39.2 Å². The van der Waals surface area contributed by atoms with Crippen molar-refractivity contribution >= 4 is 11.7 Å². The van der Waals surface area contributed by atoms with Gasteiger partial charge in [-0.05, 0) is 37.6 Å². The zero-order valence-electron chi connectivity index (χ0n) is 17.7. The molecular formula is C21H23F3N6O2. The Bertz CT molecular complexity index is 1110. The number of amides is 1. The van der Waals surface area contributed by atoms with E-state index in [1.807, 2.05) is 19.9 Å². The Kier molecular flexibility index (Phi) is 6.11. The number of halogens is 3. The van der Waals surface area contributed by atoms with Gasteiger partial charge in [-0.3, -0.25) is 9.69 Å². The van der Waals surface area contributed by atoms with Gasteiger partial charge in [0.05, 0.1) is 24.8 Å². The van der Waals surface area contributed by atoms with Crippen LogP contribution in [0.25, 0.3) is 5.78 Å². The highest BCUT2D eigenvalue weighted by Crippen LogP contribution is 2.31. The maximum atomic E-state index is 13.0. The zero-order chi connectivity index (χ0) is 22.9. The molecule has 1 unspecified atom stereocenters. The van der Waals surface area contributed by atoms with Crippen LogP contribution in [0.3, 0.4) is 0 Å². The van der Waals surface area contributed by atoms with Crippen molar-refractivity contribution in [1.82, 2.24) is 29.8 Å². The van der Waals surface area contributed by atoms with E-state index in [9.17, 15) is 18.0 Å². The van der Waals surface area contributed by atoms with Crippen molar-refractivity contribution in [1.29, 1.82) is 0 Å². The third-order valence-corrected chi connectivity index (χ3v) is 5.39. The molecule has 0 saturated carbocycles. The number of carbonyl (C=O) groups is 1. The van der Waals surface area contributed by atoms with Gasteiger partial charge in [0.1, 0.15) is 0 Å². The fraction of sp³-hybridized carbons (Fsp3) is 0.429. The Hall–Kier alpha value is -3.05.